The second-order valence-corrected chi connectivity index (χ2v) is 7.63. The molecule has 1 aromatic heterocycles. The van der Waals surface area contributed by atoms with Crippen LogP contribution in [0.1, 0.15) is 42.6 Å². The number of carbonyl (C=O) groups is 2. The third-order valence-corrected chi connectivity index (χ3v) is 5.35. The summed E-state index contributed by atoms with van der Waals surface area (Å²) in [4.78, 5) is 28.4. The second kappa shape index (κ2) is 9.00. The summed E-state index contributed by atoms with van der Waals surface area (Å²) in [6.07, 6.45) is 6.13. The Morgan fingerprint density at radius 3 is 2.58 bits per heavy atom. The maximum atomic E-state index is 12.2. The van der Waals surface area contributed by atoms with Crippen molar-refractivity contribution in [3.63, 3.8) is 0 Å². The number of hydrogen-bond donors (Lipinski definition) is 3. The van der Waals surface area contributed by atoms with E-state index in [9.17, 15) is 9.59 Å². The van der Waals surface area contributed by atoms with Gasteiger partial charge in [-0.05, 0) is 43.0 Å². The Kier molecular flexibility index (Phi) is 6.46. The van der Waals surface area contributed by atoms with Gasteiger partial charge < -0.3 is 10.6 Å². The predicted octanol–water partition coefficient (Wildman–Crippen LogP) is 4.75. The molecule has 1 saturated carbocycles. The quantitative estimate of drug-likeness (QED) is 0.686. The molecule has 138 valence electrons. The summed E-state index contributed by atoms with van der Waals surface area (Å²) in [6.45, 7) is 0.691. The zero-order valence-corrected chi connectivity index (χ0v) is 15.8. The zero-order chi connectivity index (χ0) is 18.4. The molecule has 1 heterocycles. The molecule has 3 rings (SSSR count). The van der Waals surface area contributed by atoms with E-state index in [1.54, 1.807) is 29.6 Å². The molecule has 1 aliphatic carbocycles. The number of thiazole rings is 1. The van der Waals surface area contributed by atoms with Crippen LogP contribution in [0.2, 0.25) is 5.02 Å². The number of rotatable bonds is 5. The molecule has 3 amide bonds. The molecular formula is C18H21ClN4O2S. The van der Waals surface area contributed by atoms with Gasteiger partial charge in [0.25, 0.3) is 5.91 Å². The summed E-state index contributed by atoms with van der Waals surface area (Å²) in [5.74, 6) is 0.368. The second-order valence-electron chi connectivity index (χ2n) is 6.34. The van der Waals surface area contributed by atoms with Gasteiger partial charge in [-0.15, -0.1) is 11.3 Å². The highest BCUT2D eigenvalue weighted by Crippen LogP contribution is 2.23. The summed E-state index contributed by atoms with van der Waals surface area (Å²) in [5.41, 5.74) is 0.946. The Balaban J connectivity index is 1.47. The molecule has 0 unspecified atom stereocenters. The molecule has 6 nitrogen and oxygen atoms in total. The Labute approximate surface area is 161 Å². The van der Waals surface area contributed by atoms with Crippen LogP contribution in [0, 0.1) is 5.92 Å². The van der Waals surface area contributed by atoms with Crippen LogP contribution in [0.4, 0.5) is 15.6 Å². The molecule has 0 aliphatic heterocycles. The predicted molar refractivity (Wildman–Crippen MR) is 105 cm³/mol. The van der Waals surface area contributed by atoms with E-state index in [1.165, 1.54) is 43.4 Å². The zero-order valence-electron chi connectivity index (χ0n) is 14.3. The fourth-order valence-corrected chi connectivity index (χ4v) is 3.76. The van der Waals surface area contributed by atoms with Crippen LogP contribution >= 0.6 is 22.9 Å². The number of carbonyl (C=O) groups excluding carboxylic acids is 2. The summed E-state index contributed by atoms with van der Waals surface area (Å²) in [5, 5.41) is 10.9. The minimum absolute atomic E-state index is 0.196. The van der Waals surface area contributed by atoms with Crippen LogP contribution in [-0.2, 0) is 0 Å². The first-order valence-corrected chi connectivity index (χ1v) is 9.93. The Morgan fingerprint density at radius 1 is 1.12 bits per heavy atom. The molecule has 26 heavy (non-hydrogen) atoms. The van der Waals surface area contributed by atoms with E-state index in [0.29, 0.717) is 34.0 Å². The van der Waals surface area contributed by atoms with Crippen LogP contribution in [0.15, 0.2) is 29.6 Å². The lowest BCUT2D eigenvalue weighted by atomic mass is 9.89. The third kappa shape index (κ3) is 5.44. The molecule has 0 spiro atoms. The van der Waals surface area contributed by atoms with Crippen molar-refractivity contribution in [2.24, 2.45) is 5.92 Å². The molecule has 0 radical (unpaired) electrons. The number of halogens is 1. The number of benzene rings is 1. The van der Waals surface area contributed by atoms with Crippen molar-refractivity contribution in [3.05, 3.63) is 40.4 Å². The number of aromatic nitrogens is 1. The molecule has 1 fully saturated rings. The highest BCUT2D eigenvalue weighted by atomic mass is 35.5. The Bertz CT molecular complexity index is 757. The number of hydrogen-bond acceptors (Lipinski definition) is 4. The average Bonchev–Trinajstić information content (AvgIpc) is 3.11. The van der Waals surface area contributed by atoms with Crippen LogP contribution in [-0.4, -0.2) is 23.5 Å². The molecule has 3 N–H and O–H groups in total. The van der Waals surface area contributed by atoms with Crippen molar-refractivity contribution in [2.45, 2.75) is 32.1 Å². The Morgan fingerprint density at radius 2 is 1.85 bits per heavy atom. The summed E-state index contributed by atoms with van der Waals surface area (Å²) >= 11 is 7.03. The standard InChI is InChI=1S/C18H21ClN4O2S/c19-13-6-8-14(9-7-13)21-17(25)23-18-22-15(11-26-18)16(24)20-10-12-4-2-1-3-5-12/h6-9,11-12H,1-5,10H2,(H,20,24)(H2,21,22,23,25). The first-order valence-electron chi connectivity index (χ1n) is 8.67. The minimum Gasteiger partial charge on any atom is -0.350 e. The van der Waals surface area contributed by atoms with Gasteiger partial charge in [0, 0.05) is 22.6 Å². The van der Waals surface area contributed by atoms with Crippen molar-refractivity contribution in [2.75, 3.05) is 17.2 Å². The molecular weight excluding hydrogens is 372 g/mol. The van der Waals surface area contributed by atoms with E-state index < -0.39 is 6.03 Å². The lowest BCUT2D eigenvalue weighted by Crippen LogP contribution is -2.30. The van der Waals surface area contributed by atoms with Crippen molar-refractivity contribution >= 4 is 45.7 Å². The summed E-state index contributed by atoms with van der Waals surface area (Å²) < 4.78 is 0. The van der Waals surface area contributed by atoms with Gasteiger partial charge in [0.15, 0.2) is 5.13 Å². The van der Waals surface area contributed by atoms with E-state index in [-0.39, 0.29) is 5.91 Å². The van der Waals surface area contributed by atoms with Gasteiger partial charge in [0.05, 0.1) is 0 Å². The van der Waals surface area contributed by atoms with E-state index >= 15 is 0 Å². The number of nitrogens with one attached hydrogen (secondary N) is 3. The monoisotopic (exact) mass is 392 g/mol. The molecule has 8 heteroatoms. The topological polar surface area (TPSA) is 83.1 Å². The highest BCUT2D eigenvalue weighted by Gasteiger charge is 2.17. The first-order chi connectivity index (χ1) is 12.6. The van der Waals surface area contributed by atoms with Crippen molar-refractivity contribution in [1.82, 2.24) is 10.3 Å². The van der Waals surface area contributed by atoms with Crippen LogP contribution in [0.25, 0.3) is 0 Å². The normalized spacial score (nSPS) is 14.7. The molecule has 0 atom stereocenters. The van der Waals surface area contributed by atoms with Gasteiger partial charge in [0.2, 0.25) is 0 Å². The van der Waals surface area contributed by atoms with Gasteiger partial charge in [-0.1, -0.05) is 30.9 Å². The van der Waals surface area contributed by atoms with E-state index in [0.717, 1.165) is 0 Å². The lowest BCUT2D eigenvalue weighted by molar-refractivity contribution is 0.0939. The molecule has 2 aromatic rings. The van der Waals surface area contributed by atoms with Gasteiger partial charge in [0.1, 0.15) is 5.69 Å². The lowest BCUT2D eigenvalue weighted by Gasteiger charge is -2.21. The third-order valence-electron chi connectivity index (χ3n) is 4.34. The maximum absolute atomic E-state index is 12.2. The van der Waals surface area contributed by atoms with E-state index in [1.807, 2.05) is 0 Å². The molecule has 0 bridgehead atoms. The SMILES string of the molecule is O=C(Nc1ccc(Cl)cc1)Nc1nc(C(=O)NCC2CCCCC2)cs1. The summed E-state index contributed by atoms with van der Waals surface area (Å²) in [7, 11) is 0. The largest absolute Gasteiger partial charge is 0.350 e. The summed E-state index contributed by atoms with van der Waals surface area (Å²) in [6, 6.07) is 6.36. The first kappa shape index (κ1) is 18.7. The van der Waals surface area contributed by atoms with Crippen LogP contribution < -0.4 is 16.0 Å². The van der Waals surface area contributed by atoms with Gasteiger partial charge >= 0.3 is 6.03 Å². The fraction of sp³-hybridized carbons (Fsp3) is 0.389. The van der Waals surface area contributed by atoms with Crippen LogP contribution in [0.3, 0.4) is 0 Å². The maximum Gasteiger partial charge on any atom is 0.325 e. The average molecular weight is 393 g/mol. The number of amides is 3. The smallest absolute Gasteiger partial charge is 0.325 e. The van der Waals surface area contributed by atoms with Gasteiger partial charge in [-0.2, -0.15) is 0 Å². The minimum atomic E-state index is -0.421. The molecule has 1 aromatic carbocycles. The fourth-order valence-electron chi connectivity index (χ4n) is 2.95. The van der Waals surface area contributed by atoms with Crippen molar-refractivity contribution in [3.8, 4) is 0 Å². The van der Waals surface area contributed by atoms with E-state index in [4.69, 9.17) is 11.6 Å². The van der Waals surface area contributed by atoms with Crippen LogP contribution in [0.5, 0.6) is 0 Å². The Hall–Kier alpha value is -2.12. The highest BCUT2D eigenvalue weighted by molar-refractivity contribution is 7.14. The molecule has 0 saturated heterocycles. The van der Waals surface area contributed by atoms with Crippen molar-refractivity contribution in [1.29, 1.82) is 0 Å². The van der Waals surface area contributed by atoms with Gasteiger partial charge in [-0.25, -0.2) is 9.78 Å². The van der Waals surface area contributed by atoms with Gasteiger partial charge in [-0.3, -0.25) is 10.1 Å². The van der Waals surface area contributed by atoms with Crippen molar-refractivity contribution < 1.29 is 9.59 Å². The number of anilines is 2. The number of urea groups is 1. The number of nitrogens with zero attached hydrogens (tertiary/aromatic N) is 1. The molecule has 1 aliphatic rings. The van der Waals surface area contributed by atoms with E-state index in [2.05, 4.69) is 20.9 Å².